The van der Waals surface area contributed by atoms with Crippen LogP contribution in [-0.4, -0.2) is 10.9 Å². The molecule has 0 saturated heterocycles. The molecule has 0 atom stereocenters. The van der Waals surface area contributed by atoms with Gasteiger partial charge in [0.2, 0.25) is 0 Å². The van der Waals surface area contributed by atoms with Crippen LogP contribution in [0.15, 0.2) is 42.6 Å². The van der Waals surface area contributed by atoms with Crippen molar-refractivity contribution in [2.45, 2.75) is 0 Å². The lowest BCUT2D eigenvalue weighted by Crippen LogP contribution is -2.13. The molecule has 2 aromatic rings. The van der Waals surface area contributed by atoms with E-state index in [4.69, 9.17) is 17.3 Å². The van der Waals surface area contributed by atoms with E-state index < -0.39 is 0 Å². The van der Waals surface area contributed by atoms with Gasteiger partial charge in [0.15, 0.2) is 0 Å². The zero-order chi connectivity index (χ0) is 12.3. The fourth-order valence-corrected chi connectivity index (χ4v) is 1.44. The zero-order valence-electron chi connectivity index (χ0n) is 8.85. The molecule has 4 nitrogen and oxygen atoms in total. The Morgan fingerprint density at radius 3 is 2.59 bits per heavy atom. The van der Waals surface area contributed by atoms with Crippen molar-refractivity contribution in [1.29, 1.82) is 0 Å². The van der Waals surface area contributed by atoms with Crippen LogP contribution in [0.3, 0.4) is 0 Å². The molecule has 17 heavy (non-hydrogen) atoms. The molecule has 0 bridgehead atoms. The van der Waals surface area contributed by atoms with E-state index in [-0.39, 0.29) is 11.7 Å². The number of nitrogens with zero attached hydrogens (tertiary/aromatic N) is 1. The van der Waals surface area contributed by atoms with Crippen molar-refractivity contribution >= 4 is 29.0 Å². The predicted octanol–water partition coefficient (Wildman–Crippen LogP) is 2.57. The van der Waals surface area contributed by atoms with E-state index in [1.165, 1.54) is 0 Å². The summed E-state index contributed by atoms with van der Waals surface area (Å²) in [4.78, 5) is 15.7. The second kappa shape index (κ2) is 4.84. The molecular formula is C12H10ClN3O. The van der Waals surface area contributed by atoms with Gasteiger partial charge in [0, 0.05) is 16.8 Å². The van der Waals surface area contributed by atoms with Crippen LogP contribution in [0.5, 0.6) is 0 Å². The molecule has 1 aromatic heterocycles. The summed E-state index contributed by atoms with van der Waals surface area (Å²) in [6, 6.07) is 9.99. The van der Waals surface area contributed by atoms with Crippen LogP contribution in [0.25, 0.3) is 0 Å². The number of benzene rings is 1. The lowest BCUT2D eigenvalue weighted by Gasteiger charge is -2.06. The van der Waals surface area contributed by atoms with Crippen molar-refractivity contribution < 1.29 is 4.79 Å². The highest BCUT2D eigenvalue weighted by Crippen LogP contribution is 2.16. The van der Waals surface area contributed by atoms with E-state index in [0.29, 0.717) is 16.3 Å². The molecule has 0 spiro atoms. The van der Waals surface area contributed by atoms with E-state index >= 15 is 0 Å². The Kier molecular flexibility index (Phi) is 3.25. The first-order chi connectivity index (χ1) is 8.16. The van der Waals surface area contributed by atoms with E-state index in [2.05, 4.69) is 10.3 Å². The number of rotatable bonds is 2. The highest BCUT2D eigenvalue weighted by molar-refractivity contribution is 6.30. The first-order valence-corrected chi connectivity index (χ1v) is 5.32. The summed E-state index contributed by atoms with van der Waals surface area (Å²) < 4.78 is 0. The number of nitrogens with one attached hydrogen (secondary N) is 1. The van der Waals surface area contributed by atoms with E-state index in [1.807, 2.05) is 0 Å². The maximum Gasteiger partial charge on any atom is 0.255 e. The third-order valence-electron chi connectivity index (χ3n) is 2.19. The van der Waals surface area contributed by atoms with Gasteiger partial charge in [0.05, 0.1) is 5.69 Å². The number of amides is 1. The van der Waals surface area contributed by atoms with Crippen LogP contribution >= 0.6 is 11.6 Å². The van der Waals surface area contributed by atoms with Gasteiger partial charge in [-0.05, 0) is 36.4 Å². The third-order valence-corrected chi connectivity index (χ3v) is 2.45. The maximum absolute atomic E-state index is 11.8. The fraction of sp³-hybridized carbons (Fsp3) is 0. The minimum Gasteiger partial charge on any atom is -0.382 e. The standard InChI is InChI=1S/C12H10ClN3O/c13-9-5-3-8(4-6-9)12(17)16-10-2-1-7-15-11(10)14/h1-7H,(H2,14,15)(H,16,17). The number of aromatic nitrogens is 1. The summed E-state index contributed by atoms with van der Waals surface area (Å²) in [5, 5.41) is 3.26. The first kappa shape index (κ1) is 11.4. The molecule has 1 heterocycles. The van der Waals surface area contributed by atoms with Gasteiger partial charge in [-0.25, -0.2) is 4.98 Å². The number of halogens is 1. The SMILES string of the molecule is Nc1ncccc1NC(=O)c1ccc(Cl)cc1. The number of hydrogen-bond donors (Lipinski definition) is 2. The molecular weight excluding hydrogens is 238 g/mol. The van der Waals surface area contributed by atoms with Gasteiger partial charge in [-0.1, -0.05) is 11.6 Å². The van der Waals surface area contributed by atoms with Crippen LogP contribution in [0.4, 0.5) is 11.5 Å². The lowest BCUT2D eigenvalue weighted by atomic mass is 10.2. The van der Waals surface area contributed by atoms with E-state index in [0.717, 1.165) is 0 Å². The van der Waals surface area contributed by atoms with Crippen molar-refractivity contribution in [2.75, 3.05) is 11.1 Å². The van der Waals surface area contributed by atoms with Gasteiger partial charge >= 0.3 is 0 Å². The Balaban J connectivity index is 2.17. The van der Waals surface area contributed by atoms with Crippen molar-refractivity contribution in [3.05, 3.63) is 53.2 Å². The molecule has 5 heteroatoms. The maximum atomic E-state index is 11.8. The highest BCUT2D eigenvalue weighted by Gasteiger charge is 2.07. The molecule has 0 saturated carbocycles. The molecule has 0 aliphatic rings. The second-order valence-electron chi connectivity index (χ2n) is 3.40. The van der Waals surface area contributed by atoms with Crippen LogP contribution in [0.1, 0.15) is 10.4 Å². The summed E-state index contributed by atoms with van der Waals surface area (Å²) >= 11 is 5.74. The van der Waals surface area contributed by atoms with Crippen LogP contribution in [0, 0.1) is 0 Å². The molecule has 0 fully saturated rings. The first-order valence-electron chi connectivity index (χ1n) is 4.94. The topological polar surface area (TPSA) is 68.0 Å². The number of nitrogens with two attached hydrogens (primary N) is 1. The van der Waals surface area contributed by atoms with Gasteiger partial charge < -0.3 is 11.1 Å². The molecule has 2 rings (SSSR count). The molecule has 0 aliphatic heterocycles. The van der Waals surface area contributed by atoms with Crippen molar-refractivity contribution in [2.24, 2.45) is 0 Å². The van der Waals surface area contributed by atoms with Gasteiger partial charge in [-0.2, -0.15) is 0 Å². The number of hydrogen-bond acceptors (Lipinski definition) is 3. The van der Waals surface area contributed by atoms with Crippen molar-refractivity contribution in [1.82, 2.24) is 4.98 Å². The predicted molar refractivity (Wildman–Crippen MR) is 68.1 cm³/mol. The third kappa shape index (κ3) is 2.73. The molecule has 0 unspecified atom stereocenters. The number of nitrogen functional groups attached to an aromatic ring is 1. The Morgan fingerprint density at radius 2 is 1.94 bits per heavy atom. The smallest absolute Gasteiger partial charge is 0.255 e. The number of pyridine rings is 1. The van der Waals surface area contributed by atoms with Crippen LogP contribution in [-0.2, 0) is 0 Å². The van der Waals surface area contributed by atoms with Gasteiger partial charge in [0.1, 0.15) is 5.82 Å². The lowest BCUT2D eigenvalue weighted by molar-refractivity contribution is 0.102. The molecule has 1 aromatic carbocycles. The molecule has 0 aliphatic carbocycles. The Hall–Kier alpha value is -2.07. The number of carbonyl (C=O) groups excluding carboxylic acids is 1. The second-order valence-corrected chi connectivity index (χ2v) is 3.83. The van der Waals surface area contributed by atoms with Gasteiger partial charge in [-0.3, -0.25) is 4.79 Å². The monoisotopic (exact) mass is 247 g/mol. The normalized spacial score (nSPS) is 9.94. The number of carbonyl (C=O) groups is 1. The quantitative estimate of drug-likeness (QED) is 0.857. The number of anilines is 2. The Labute approximate surface area is 103 Å². The zero-order valence-corrected chi connectivity index (χ0v) is 9.61. The van der Waals surface area contributed by atoms with E-state index in [9.17, 15) is 4.79 Å². The highest BCUT2D eigenvalue weighted by atomic mass is 35.5. The van der Waals surface area contributed by atoms with Crippen LogP contribution < -0.4 is 11.1 Å². The van der Waals surface area contributed by atoms with Crippen molar-refractivity contribution in [3.63, 3.8) is 0 Å². The Morgan fingerprint density at radius 1 is 1.24 bits per heavy atom. The van der Waals surface area contributed by atoms with E-state index in [1.54, 1.807) is 42.6 Å². The summed E-state index contributed by atoms with van der Waals surface area (Å²) in [6.45, 7) is 0. The molecule has 86 valence electrons. The summed E-state index contributed by atoms with van der Waals surface area (Å²) in [6.07, 6.45) is 1.56. The minimum atomic E-state index is -0.249. The summed E-state index contributed by atoms with van der Waals surface area (Å²) in [7, 11) is 0. The van der Waals surface area contributed by atoms with Gasteiger partial charge in [-0.15, -0.1) is 0 Å². The van der Waals surface area contributed by atoms with Crippen molar-refractivity contribution in [3.8, 4) is 0 Å². The van der Waals surface area contributed by atoms with Gasteiger partial charge in [0.25, 0.3) is 5.91 Å². The average molecular weight is 248 g/mol. The minimum absolute atomic E-state index is 0.249. The molecule has 1 amide bonds. The largest absolute Gasteiger partial charge is 0.382 e. The average Bonchev–Trinajstić information content (AvgIpc) is 2.33. The fourth-order valence-electron chi connectivity index (χ4n) is 1.32. The Bertz CT molecular complexity index is 540. The summed E-state index contributed by atoms with van der Waals surface area (Å²) in [5.74, 6) is 0.0381. The van der Waals surface area contributed by atoms with Crippen LogP contribution in [0.2, 0.25) is 5.02 Å². The molecule has 3 N–H and O–H groups in total. The summed E-state index contributed by atoms with van der Waals surface area (Å²) in [5.41, 5.74) is 6.63. The molecule has 0 radical (unpaired) electrons.